The van der Waals surface area contributed by atoms with Gasteiger partial charge >= 0.3 is 0 Å². The number of nitrogens with zero attached hydrogens (tertiary/aromatic N) is 1. The first-order valence-corrected chi connectivity index (χ1v) is 8.59. The number of carbonyl (C=O) groups is 2. The maximum atomic E-state index is 11.8. The Morgan fingerprint density at radius 2 is 2.09 bits per heavy atom. The van der Waals surface area contributed by atoms with Crippen LogP contribution in [0.15, 0.2) is 24.3 Å². The molecule has 0 bridgehead atoms. The molecule has 1 saturated heterocycles. The van der Waals surface area contributed by atoms with Gasteiger partial charge in [-0.1, -0.05) is 12.1 Å². The molecule has 22 heavy (non-hydrogen) atoms. The lowest BCUT2D eigenvalue weighted by Gasteiger charge is -2.15. The summed E-state index contributed by atoms with van der Waals surface area (Å²) in [7, 11) is 1.64. The van der Waals surface area contributed by atoms with E-state index < -0.39 is 0 Å². The number of hydrogen-bond acceptors (Lipinski definition) is 4. The van der Waals surface area contributed by atoms with Gasteiger partial charge in [-0.3, -0.25) is 9.59 Å². The maximum absolute atomic E-state index is 11.8. The molecule has 0 radical (unpaired) electrons. The Labute approximate surface area is 135 Å². The lowest BCUT2D eigenvalue weighted by atomic mass is 10.2. The van der Waals surface area contributed by atoms with Crippen molar-refractivity contribution in [3.8, 4) is 5.75 Å². The molecule has 0 unspecified atom stereocenters. The summed E-state index contributed by atoms with van der Waals surface area (Å²) in [6.45, 7) is 1.75. The Morgan fingerprint density at radius 1 is 1.32 bits per heavy atom. The molecule has 1 aromatic carbocycles. The van der Waals surface area contributed by atoms with Crippen molar-refractivity contribution >= 4 is 23.6 Å². The van der Waals surface area contributed by atoms with Crippen molar-refractivity contribution in [3.05, 3.63) is 29.8 Å². The Bertz CT molecular complexity index is 516. The minimum absolute atomic E-state index is 0.0173. The second-order valence-corrected chi connectivity index (χ2v) is 6.19. The molecule has 0 atom stereocenters. The number of hydrogen-bond donors (Lipinski definition) is 1. The van der Waals surface area contributed by atoms with Crippen molar-refractivity contribution in [2.75, 3.05) is 32.5 Å². The molecular formula is C16H22N2O3S. The highest BCUT2D eigenvalue weighted by atomic mass is 32.2. The molecule has 0 aliphatic carbocycles. The molecule has 1 aliphatic heterocycles. The smallest absolute Gasteiger partial charge is 0.241 e. The second kappa shape index (κ2) is 8.68. The average Bonchev–Trinajstić information content (AvgIpc) is 3.07. The zero-order valence-corrected chi connectivity index (χ0v) is 13.7. The summed E-state index contributed by atoms with van der Waals surface area (Å²) >= 11 is 1.53. The number of rotatable bonds is 7. The number of carbonyl (C=O) groups excluding carboxylic acids is 2. The quantitative estimate of drug-likeness (QED) is 0.829. The first kappa shape index (κ1) is 16.7. The van der Waals surface area contributed by atoms with Crippen LogP contribution in [0.3, 0.4) is 0 Å². The number of amides is 2. The largest absolute Gasteiger partial charge is 0.497 e. The van der Waals surface area contributed by atoms with E-state index in [2.05, 4.69) is 5.32 Å². The van der Waals surface area contributed by atoms with Gasteiger partial charge in [0.15, 0.2) is 0 Å². The van der Waals surface area contributed by atoms with Gasteiger partial charge in [-0.2, -0.15) is 0 Å². The Kier molecular flexibility index (Phi) is 6.58. The van der Waals surface area contributed by atoms with E-state index in [-0.39, 0.29) is 18.4 Å². The highest BCUT2D eigenvalue weighted by Gasteiger charge is 2.17. The van der Waals surface area contributed by atoms with Crippen LogP contribution in [-0.2, 0) is 15.3 Å². The average molecular weight is 322 g/mol. The summed E-state index contributed by atoms with van der Waals surface area (Å²) in [6.07, 6.45) is 2.13. The van der Waals surface area contributed by atoms with Gasteiger partial charge in [-0.05, 0) is 30.5 Å². The Hall–Kier alpha value is -1.69. The number of methoxy groups -OCH3 is 1. The van der Waals surface area contributed by atoms with E-state index in [0.29, 0.717) is 5.75 Å². The molecule has 120 valence electrons. The predicted molar refractivity (Wildman–Crippen MR) is 88.0 cm³/mol. The first-order chi connectivity index (χ1) is 10.7. The molecule has 1 aromatic rings. The van der Waals surface area contributed by atoms with Gasteiger partial charge in [-0.25, -0.2) is 0 Å². The normalized spacial score (nSPS) is 14.0. The Balaban J connectivity index is 1.63. The third-order valence-corrected chi connectivity index (χ3v) is 4.54. The molecule has 0 saturated carbocycles. The van der Waals surface area contributed by atoms with E-state index in [1.165, 1.54) is 11.8 Å². The van der Waals surface area contributed by atoms with Crippen LogP contribution >= 0.6 is 11.8 Å². The molecule has 5 nitrogen and oxygen atoms in total. The fraction of sp³-hybridized carbons (Fsp3) is 0.500. The van der Waals surface area contributed by atoms with E-state index in [9.17, 15) is 9.59 Å². The molecule has 1 aliphatic rings. The topological polar surface area (TPSA) is 58.6 Å². The molecule has 0 aromatic heterocycles. The summed E-state index contributed by atoms with van der Waals surface area (Å²) < 4.78 is 5.17. The van der Waals surface area contributed by atoms with Gasteiger partial charge in [0.05, 0.1) is 19.4 Å². The van der Waals surface area contributed by atoms with Crippen LogP contribution in [0.1, 0.15) is 18.4 Å². The van der Waals surface area contributed by atoms with E-state index in [0.717, 1.165) is 43.0 Å². The van der Waals surface area contributed by atoms with Crippen molar-refractivity contribution in [2.45, 2.75) is 18.6 Å². The molecule has 1 heterocycles. The Morgan fingerprint density at radius 3 is 2.82 bits per heavy atom. The number of likely N-dealkylation sites (tertiary alicyclic amines) is 1. The number of thioether (sulfide) groups is 1. The highest BCUT2D eigenvalue weighted by molar-refractivity contribution is 7.99. The molecule has 2 rings (SSSR count). The molecule has 1 fully saturated rings. The zero-order chi connectivity index (χ0) is 15.8. The minimum Gasteiger partial charge on any atom is -0.497 e. The molecule has 1 N–H and O–H groups in total. The fourth-order valence-electron chi connectivity index (χ4n) is 2.33. The van der Waals surface area contributed by atoms with Gasteiger partial charge in [-0.15, -0.1) is 11.8 Å². The number of benzene rings is 1. The minimum atomic E-state index is -0.0968. The second-order valence-electron chi connectivity index (χ2n) is 5.21. The van der Waals surface area contributed by atoms with E-state index >= 15 is 0 Å². The summed E-state index contributed by atoms with van der Waals surface area (Å²) in [4.78, 5) is 25.4. The van der Waals surface area contributed by atoms with Crippen molar-refractivity contribution in [3.63, 3.8) is 0 Å². The van der Waals surface area contributed by atoms with E-state index in [4.69, 9.17) is 4.74 Å². The van der Waals surface area contributed by atoms with Crippen LogP contribution in [0.5, 0.6) is 5.75 Å². The van der Waals surface area contributed by atoms with Crippen LogP contribution in [0.2, 0.25) is 0 Å². The number of nitrogens with one attached hydrogen (secondary N) is 1. The standard InChI is InChI=1S/C16H22N2O3S/c1-21-14-6-4-5-13(9-14)11-22-12-15(19)17-10-16(20)18-7-2-3-8-18/h4-6,9H,2-3,7-8,10-12H2,1H3,(H,17,19). The number of ether oxygens (including phenoxy) is 1. The zero-order valence-electron chi connectivity index (χ0n) is 12.8. The molecular weight excluding hydrogens is 300 g/mol. The first-order valence-electron chi connectivity index (χ1n) is 7.44. The van der Waals surface area contributed by atoms with E-state index in [1.807, 2.05) is 29.2 Å². The third kappa shape index (κ3) is 5.26. The van der Waals surface area contributed by atoms with Crippen LogP contribution in [0.25, 0.3) is 0 Å². The van der Waals surface area contributed by atoms with Crippen molar-refractivity contribution < 1.29 is 14.3 Å². The third-order valence-electron chi connectivity index (χ3n) is 3.53. The van der Waals surface area contributed by atoms with Crippen LogP contribution < -0.4 is 10.1 Å². The van der Waals surface area contributed by atoms with Gasteiger partial charge < -0.3 is 15.0 Å². The summed E-state index contributed by atoms with van der Waals surface area (Å²) in [5.41, 5.74) is 1.12. The summed E-state index contributed by atoms with van der Waals surface area (Å²) in [5, 5.41) is 2.69. The maximum Gasteiger partial charge on any atom is 0.241 e. The van der Waals surface area contributed by atoms with Gasteiger partial charge in [0.25, 0.3) is 0 Å². The van der Waals surface area contributed by atoms with Gasteiger partial charge in [0.2, 0.25) is 11.8 Å². The SMILES string of the molecule is COc1cccc(CSCC(=O)NCC(=O)N2CCCC2)c1. The lowest BCUT2D eigenvalue weighted by molar-refractivity contribution is -0.131. The molecule has 2 amide bonds. The monoisotopic (exact) mass is 322 g/mol. The predicted octanol–water partition coefficient (Wildman–Crippen LogP) is 1.67. The van der Waals surface area contributed by atoms with Crippen LogP contribution in [-0.4, -0.2) is 49.2 Å². The fourth-order valence-corrected chi connectivity index (χ4v) is 3.13. The van der Waals surface area contributed by atoms with Gasteiger partial charge in [0.1, 0.15) is 5.75 Å². The lowest BCUT2D eigenvalue weighted by Crippen LogP contribution is -2.39. The summed E-state index contributed by atoms with van der Waals surface area (Å²) in [5.74, 6) is 1.83. The van der Waals surface area contributed by atoms with Crippen LogP contribution in [0.4, 0.5) is 0 Å². The van der Waals surface area contributed by atoms with Crippen LogP contribution in [0, 0.1) is 0 Å². The molecule has 6 heteroatoms. The van der Waals surface area contributed by atoms with Crippen molar-refractivity contribution in [1.29, 1.82) is 0 Å². The van der Waals surface area contributed by atoms with Crippen molar-refractivity contribution in [1.82, 2.24) is 10.2 Å². The highest BCUT2D eigenvalue weighted by Crippen LogP contribution is 2.17. The van der Waals surface area contributed by atoms with E-state index in [1.54, 1.807) is 7.11 Å². The van der Waals surface area contributed by atoms with Crippen molar-refractivity contribution in [2.24, 2.45) is 0 Å². The van der Waals surface area contributed by atoms with Gasteiger partial charge in [0, 0.05) is 18.8 Å². The molecule has 0 spiro atoms. The summed E-state index contributed by atoms with van der Waals surface area (Å²) in [6, 6.07) is 7.79.